The molecule has 2 aromatic carbocycles. The monoisotopic (exact) mass is 376 g/mol. The molecule has 26 heavy (non-hydrogen) atoms. The van der Waals surface area contributed by atoms with Gasteiger partial charge in [-0.1, -0.05) is 26.0 Å². The molecular formula is C19H21FN2O3S. The van der Waals surface area contributed by atoms with Crippen molar-refractivity contribution in [1.29, 1.82) is 0 Å². The first-order valence-corrected chi connectivity index (χ1v) is 9.84. The Morgan fingerprint density at radius 2 is 1.85 bits per heavy atom. The molecular weight excluding hydrogens is 355 g/mol. The van der Waals surface area contributed by atoms with Crippen LogP contribution in [0.3, 0.4) is 0 Å². The van der Waals surface area contributed by atoms with Gasteiger partial charge in [0.2, 0.25) is 15.9 Å². The van der Waals surface area contributed by atoms with Gasteiger partial charge in [0.15, 0.2) is 0 Å². The van der Waals surface area contributed by atoms with Crippen LogP contribution >= 0.6 is 0 Å². The first kappa shape index (κ1) is 18.5. The Morgan fingerprint density at radius 1 is 1.15 bits per heavy atom. The third-order valence-electron chi connectivity index (χ3n) is 4.53. The highest BCUT2D eigenvalue weighted by Gasteiger charge is 2.33. The Morgan fingerprint density at radius 3 is 2.54 bits per heavy atom. The molecule has 1 heterocycles. The van der Waals surface area contributed by atoms with Crippen LogP contribution in [0.1, 0.15) is 31.4 Å². The third kappa shape index (κ3) is 3.94. The lowest BCUT2D eigenvalue weighted by Crippen LogP contribution is -2.33. The van der Waals surface area contributed by atoms with Crippen LogP contribution in [0.4, 0.5) is 10.1 Å². The van der Waals surface area contributed by atoms with Crippen LogP contribution < -0.4 is 10.0 Å². The maximum atomic E-state index is 12.9. The van der Waals surface area contributed by atoms with Gasteiger partial charge < -0.3 is 5.32 Å². The second-order valence-corrected chi connectivity index (χ2v) is 8.86. The molecule has 0 radical (unpaired) electrons. The second-order valence-electron chi connectivity index (χ2n) is 7.09. The van der Waals surface area contributed by atoms with Crippen LogP contribution in [-0.2, 0) is 26.7 Å². The summed E-state index contributed by atoms with van der Waals surface area (Å²) < 4.78 is 40.6. The van der Waals surface area contributed by atoms with Crippen molar-refractivity contribution >= 4 is 21.6 Å². The van der Waals surface area contributed by atoms with Crippen LogP contribution in [-0.4, -0.2) is 20.9 Å². The Bertz CT molecular complexity index is 938. The van der Waals surface area contributed by atoms with E-state index < -0.39 is 15.4 Å². The molecule has 0 unspecified atom stereocenters. The number of halogens is 1. The molecule has 3 rings (SSSR count). The molecule has 5 nitrogen and oxygen atoms in total. The van der Waals surface area contributed by atoms with Crippen molar-refractivity contribution in [2.75, 3.05) is 11.9 Å². The summed E-state index contributed by atoms with van der Waals surface area (Å²) in [5, 5.41) is 2.78. The molecule has 0 spiro atoms. The lowest BCUT2D eigenvalue weighted by atomic mass is 9.78. The van der Waals surface area contributed by atoms with Gasteiger partial charge in [-0.2, -0.15) is 0 Å². The Hall–Kier alpha value is -2.25. The minimum atomic E-state index is -3.67. The molecule has 0 aliphatic carbocycles. The van der Waals surface area contributed by atoms with E-state index in [0.717, 1.165) is 11.1 Å². The standard InChI is InChI=1S/C19H21FN2O3S/c1-19(2)12-18(23)22-17-8-7-15(11-16(17)19)26(24,25)21-10-9-13-3-5-14(20)6-4-13/h3-8,11,21H,9-10,12H2,1-2H3,(H,22,23). The second kappa shape index (κ2) is 6.81. The van der Waals surface area contributed by atoms with E-state index in [-0.39, 0.29) is 23.2 Å². The summed E-state index contributed by atoms with van der Waals surface area (Å²) in [4.78, 5) is 11.9. The molecule has 1 aliphatic heterocycles. The number of hydrogen-bond acceptors (Lipinski definition) is 3. The van der Waals surface area contributed by atoms with Gasteiger partial charge in [0, 0.05) is 24.1 Å². The summed E-state index contributed by atoms with van der Waals surface area (Å²) in [6, 6.07) is 10.7. The Labute approximate surface area is 152 Å². The van der Waals surface area contributed by atoms with Gasteiger partial charge in [0.25, 0.3) is 0 Å². The predicted octanol–water partition coefficient (Wildman–Crippen LogP) is 2.97. The highest BCUT2D eigenvalue weighted by Crippen LogP contribution is 2.38. The molecule has 0 saturated heterocycles. The zero-order valence-corrected chi connectivity index (χ0v) is 15.5. The molecule has 0 aromatic heterocycles. The molecule has 138 valence electrons. The van der Waals surface area contributed by atoms with Gasteiger partial charge >= 0.3 is 0 Å². The summed E-state index contributed by atoms with van der Waals surface area (Å²) in [5.41, 5.74) is 1.87. The van der Waals surface area contributed by atoms with Crippen molar-refractivity contribution in [3.63, 3.8) is 0 Å². The van der Waals surface area contributed by atoms with Crippen molar-refractivity contribution in [2.24, 2.45) is 0 Å². The summed E-state index contributed by atoms with van der Waals surface area (Å²) in [5.74, 6) is -0.395. The molecule has 2 aromatic rings. The fourth-order valence-corrected chi connectivity index (χ4v) is 4.17. The fraction of sp³-hybridized carbons (Fsp3) is 0.316. The van der Waals surface area contributed by atoms with Gasteiger partial charge in [-0.05, 0) is 47.9 Å². The van der Waals surface area contributed by atoms with E-state index in [9.17, 15) is 17.6 Å². The first-order valence-electron chi connectivity index (χ1n) is 8.36. The van der Waals surface area contributed by atoms with Gasteiger partial charge in [-0.3, -0.25) is 4.79 Å². The van der Waals surface area contributed by atoms with Crippen molar-refractivity contribution in [3.8, 4) is 0 Å². The van der Waals surface area contributed by atoms with E-state index in [2.05, 4.69) is 10.0 Å². The topological polar surface area (TPSA) is 75.3 Å². The average molecular weight is 376 g/mol. The van der Waals surface area contributed by atoms with E-state index in [0.29, 0.717) is 18.5 Å². The number of benzene rings is 2. The first-order chi connectivity index (χ1) is 12.2. The number of rotatable bonds is 5. The van der Waals surface area contributed by atoms with Crippen molar-refractivity contribution in [1.82, 2.24) is 4.72 Å². The van der Waals surface area contributed by atoms with Gasteiger partial charge in [-0.15, -0.1) is 0 Å². The highest BCUT2D eigenvalue weighted by molar-refractivity contribution is 7.89. The molecule has 0 saturated carbocycles. The smallest absolute Gasteiger partial charge is 0.240 e. The summed E-state index contributed by atoms with van der Waals surface area (Å²) in [6.07, 6.45) is 0.771. The van der Waals surface area contributed by atoms with Gasteiger partial charge in [0.05, 0.1) is 4.90 Å². The zero-order valence-electron chi connectivity index (χ0n) is 14.7. The molecule has 0 atom stereocenters. The van der Waals surface area contributed by atoms with Crippen molar-refractivity contribution in [3.05, 3.63) is 59.4 Å². The summed E-state index contributed by atoms with van der Waals surface area (Å²) in [6.45, 7) is 4.05. The van der Waals surface area contributed by atoms with E-state index >= 15 is 0 Å². The number of carbonyl (C=O) groups excluding carboxylic acids is 1. The largest absolute Gasteiger partial charge is 0.326 e. The molecule has 0 fully saturated rings. The molecule has 1 aliphatic rings. The number of fused-ring (bicyclic) bond motifs is 1. The Balaban J connectivity index is 1.75. The van der Waals surface area contributed by atoms with Gasteiger partial charge in [-0.25, -0.2) is 17.5 Å². The van der Waals surface area contributed by atoms with E-state index in [1.165, 1.54) is 18.2 Å². The molecule has 7 heteroatoms. The predicted molar refractivity (Wildman–Crippen MR) is 98.0 cm³/mol. The zero-order chi connectivity index (χ0) is 18.9. The number of hydrogen-bond donors (Lipinski definition) is 2. The molecule has 2 N–H and O–H groups in total. The quantitative estimate of drug-likeness (QED) is 0.842. The number of nitrogens with one attached hydrogen (secondary N) is 2. The minimum absolute atomic E-state index is 0.0736. The maximum absolute atomic E-state index is 12.9. The number of amides is 1. The lowest BCUT2D eigenvalue weighted by Gasteiger charge is -2.32. The molecule has 0 bridgehead atoms. The van der Waals surface area contributed by atoms with Crippen molar-refractivity contribution in [2.45, 2.75) is 37.0 Å². The minimum Gasteiger partial charge on any atom is -0.326 e. The summed E-state index contributed by atoms with van der Waals surface area (Å²) in [7, 11) is -3.67. The Kier molecular flexibility index (Phi) is 4.86. The maximum Gasteiger partial charge on any atom is 0.240 e. The SMILES string of the molecule is CC1(C)CC(=O)Nc2ccc(S(=O)(=O)NCCc3ccc(F)cc3)cc21. The van der Waals surface area contributed by atoms with Crippen LogP contribution in [0.15, 0.2) is 47.4 Å². The number of anilines is 1. The fourth-order valence-electron chi connectivity index (χ4n) is 3.11. The highest BCUT2D eigenvalue weighted by atomic mass is 32.2. The average Bonchev–Trinajstić information content (AvgIpc) is 2.55. The summed E-state index contributed by atoms with van der Waals surface area (Å²) >= 11 is 0. The normalized spacial score (nSPS) is 16.0. The van der Waals surface area contributed by atoms with Crippen molar-refractivity contribution < 1.29 is 17.6 Å². The van der Waals surface area contributed by atoms with E-state index in [1.54, 1.807) is 24.3 Å². The van der Waals surface area contributed by atoms with E-state index in [1.807, 2.05) is 13.8 Å². The third-order valence-corrected chi connectivity index (χ3v) is 5.98. The van der Waals surface area contributed by atoms with Crippen LogP contribution in [0.5, 0.6) is 0 Å². The molecule has 1 amide bonds. The number of carbonyl (C=O) groups is 1. The lowest BCUT2D eigenvalue weighted by molar-refractivity contribution is -0.117. The number of sulfonamides is 1. The van der Waals surface area contributed by atoms with Crippen LogP contribution in [0.2, 0.25) is 0 Å². The van der Waals surface area contributed by atoms with Crippen LogP contribution in [0.25, 0.3) is 0 Å². The van der Waals surface area contributed by atoms with Gasteiger partial charge in [0.1, 0.15) is 5.82 Å². The van der Waals surface area contributed by atoms with E-state index in [4.69, 9.17) is 0 Å². The van der Waals surface area contributed by atoms with Crippen LogP contribution in [0, 0.1) is 5.82 Å².